The van der Waals surface area contributed by atoms with Crippen LogP contribution in [0.4, 0.5) is 0 Å². The number of aliphatic hydroxyl groups is 2. The van der Waals surface area contributed by atoms with Gasteiger partial charge in [0.25, 0.3) is 0 Å². The van der Waals surface area contributed by atoms with Gasteiger partial charge in [-0.15, -0.1) is 0 Å². The first-order chi connectivity index (χ1) is 13.9. The van der Waals surface area contributed by atoms with Crippen molar-refractivity contribution in [2.75, 3.05) is 0 Å². The first kappa shape index (κ1) is 21.4. The molecule has 3 N–H and O–H groups in total. The van der Waals surface area contributed by atoms with Crippen LogP contribution < -0.4 is 0 Å². The molecule has 2 saturated carbocycles. The number of Topliss-reactive ketones (excluding diaryl/α,β-unsaturated/α-hetero) is 1. The number of fused-ring (bicyclic) bond motifs is 5. The van der Waals surface area contributed by atoms with Gasteiger partial charge in [-0.1, -0.05) is 38.0 Å². The molecular weight excluding hydrogens is 384 g/mol. The molecule has 0 heterocycles. The summed E-state index contributed by atoms with van der Waals surface area (Å²) in [6, 6.07) is 0. The van der Waals surface area contributed by atoms with E-state index in [1.807, 2.05) is 19.9 Å². The summed E-state index contributed by atoms with van der Waals surface area (Å²) in [6.07, 6.45) is 5.84. The first-order valence-electron chi connectivity index (χ1n) is 11.1. The van der Waals surface area contributed by atoms with Gasteiger partial charge in [-0.05, 0) is 55.9 Å². The van der Waals surface area contributed by atoms with E-state index in [4.69, 9.17) is 5.11 Å². The van der Waals surface area contributed by atoms with Crippen molar-refractivity contribution in [3.8, 4) is 0 Å². The number of carbonyl (C=O) groups is 3. The van der Waals surface area contributed by atoms with Crippen LogP contribution in [-0.4, -0.2) is 44.6 Å². The van der Waals surface area contributed by atoms with Gasteiger partial charge in [-0.3, -0.25) is 14.4 Å². The standard InChI is InChI=1S/C24H32O6/c1-13-10-18-16-5-4-14-11-15(25)6-8-22(14,2)17(16)7-9-23(18,3)24(13,30)21(29)19(26)12-20(27)28/h7,11,13,16,18-19,26,30H,4-6,8-10,12H2,1-3H3,(H,27,28)/t13?,16-,18+,19?,22+,23+,24+/m1/s1. The Balaban J connectivity index is 1.72. The summed E-state index contributed by atoms with van der Waals surface area (Å²) in [4.78, 5) is 36.1. The van der Waals surface area contributed by atoms with Gasteiger partial charge in [-0.25, -0.2) is 0 Å². The van der Waals surface area contributed by atoms with Crippen molar-refractivity contribution < 1.29 is 29.7 Å². The number of hydrogen-bond acceptors (Lipinski definition) is 5. The summed E-state index contributed by atoms with van der Waals surface area (Å²) in [5.41, 5.74) is -0.0912. The summed E-state index contributed by atoms with van der Waals surface area (Å²) in [5, 5.41) is 30.9. The third-order valence-electron chi connectivity index (χ3n) is 8.96. The highest BCUT2D eigenvalue weighted by Crippen LogP contribution is 2.67. The second-order valence-corrected chi connectivity index (χ2v) is 10.4. The minimum atomic E-state index is -1.76. The zero-order valence-electron chi connectivity index (χ0n) is 18.0. The lowest BCUT2D eigenvalue weighted by molar-refractivity contribution is -0.169. The highest BCUT2D eigenvalue weighted by Gasteiger charge is 2.68. The predicted octanol–water partition coefficient (Wildman–Crippen LogP) is 2.82. The molecule has 164 valence electrons. The molecule has 7 atom stereocenters. The maximum atomic E-state index is 13.1. The summed E-state index contributed by atoms with van der Waals surface area (Å²) in [6.45, 7) is 5.99. The molecule has 0 aromatic rings. The summed E-state index contributed by atoms with van der Waals surface area (Å²) in [5.74, 6) is -1.89. The Kier molecular flexibility index (Phi) is 4.90. The predicted molar refractivity (Wildman–Crippen MR) is 109 cm³/mol. The minimum absolute atomic E-state index is 0.0782. The lowest BCUT2D eigenvalue weighted by Crippen LogP contribution is -2.59. The van der Waals surface area contributed by atoms with Crippen LogP contribution in [0.2, 0.25) is 0 Å². The topological polar surface area (TPSA) is 112 Å². The smallest absolute Gasteiger partial charge is 0.306 e. The monoisotopic (exact) mass is 416 g/mol. The molecule has 2 fully saturated rings. The average Bonchev–Trinajstić information content (AvgIpc) is 2.88. The molecule has 0 aromatic heterocycles. The van der Waals surface area contributed by atoms with Crippen molar-refractivity contribution in [1.29, 1.82) is 0 Å². The molecule has 6 heteroatoms. The zero-order chi connectivity index (χ0) is 22.1. The van der Waals surface area contributed by atoms with Crippen molar-refractivity contribution >= 4 is 17.5 Å². The Bertz CT molecular complexity index is 871. The maximum absolute atomic E-state index is 13.1. The summed E-state index contributed by atoms with van der Waals surface area (Å²) in [7, 11) is 0. The van der Waals surface area contributed by atoms with Crippen LogP contribution in [0.5, 0.6) is 0 Å². The van der Waals surface area contributed by atoms with E-state index in [0.717, 1.165) is 19.3 Å². The lowest BCUT2D eigenvalue weighted by Gasteiger charge is -2.54. The average molecular weight is 417 g/mol. The third-order valence-corrected chi connectivity index (χ3v) is 8.96. The lowest BCUT2D eigenvalue weighted by atomic mass is 9.50. The van der Waals surface area contributed by atoms with E-state index >= 15 is 0 Å². The Labute approximate surface area is 177 Å². The number of aliphatic carboxylic acids is 1. The molecule has 4 aliphatic rings. The molecule has 0 spiro atoms. The molecule has 0 saturated heterocycles. The van der Waals surface area contributed by atoms with E-state index in [-0.39, 0.29) is 29.0 Å². The van der Waals surface area contributed by atoms with Gasteiger partial charge in [0.15, 0.2) is 11.6 Å². The fourth-order valence-corrected chi connectivity index (χ4v) is 7.24. The van der Waals surface area contributed by atoms with Gasteiger partial charge in [-0.2, -0.15) is 0 Å². The number of carboxylic acid groups (broad SMARTS) is 1. The van der Waals surface area contributed by atoms with Crippen LogP contribution in [0.15, 0.2) is 23.3 Å². The molecule has 0 bridgehead atoms. The number of hydrogen-bond donors (Lipinski definition) is 3. The fourth-order valence-electron chi connectivity index (χ4n) is 7.24. The van der Waals surface area contributed by atoms with E-state index in [0.29, 0.717) is 19.3 Å². The van der Waals surface area contributed by atoms with Gasteiger partial charge in [0.05, 0.1) is 6.42 Å². The van der Waals surface area contributed by atoms with Crippen molar-refractivity contribution in [3.63, 3.8) is 0 Å². The number of ketones is 2. The van der Waals surface area contributed by atoms with Gasteiger partial charge < -0.3 is 15.3 Å². The molecule has 6 nitrogen and oxygen atoms in total. The molecule has 4 rings (SSSR count). The summed E-state index contributed by atoms with van der Waals surface area (Å²) >= 11 is 0. The number of allylic oxidation sites excluding steroid dienone is 4. The Hall–Kier alpha value is -1.79. The molecule has 0 aliphatic heterocycles. The Morgan fingerprint density at radius 2 is 1.97 bits per heavy atom. The Morgan fingerprint density at radius 1 is 1.27 bits per heavy atom. The highest BCUT2D eigenvalue weighted by atomic mass is 16.4. The second-order valence-electron chi connectivity index (χ2n) is 10.4. The van der Waals surface area contributed by atoms with E-state index < -0.39 is 35.3 Å². The van der Waals surface area contributed by atoms with Crippen LogP contribution in [0.1, 0.15) is 65.7 Å². The van der Waals surface area contributed by atoms with Crippen LogP contribution >= 0.6 is 0 Å². The first-order valence-corrected chi connectivity index (χ1v) is 11.1. The SMILES string of the molecule is CC1C[C@H]2[C@@H]3CCC4=CC(=O)CC[C@]4(C)C3=CC[C@]2(C)[C@@]1(O)C(=O)C(O)CC(=O)O. The number of rotatable bonds is 4. The van der Waals surface area contributed by atoms with Crippen molar-refractivity contribution in [2.24, 2.45) is 28.6 Å². The zero-order valence-corrected chi connectivity index (χ0v) is 18.0. The van der Waals surface area contributed by atoms with Crippen LogP contribution in [0.25, 0.3) is 0 Å². The summed E-state index contributed by atoms with van der Waals surface area (Å²) < 4.78 is 0. The van der Waals surface area contributed by atoms with Crippen molar-refractivity contribution in [3.05, 3.63) is 23.3 Å². The van der Waals surface area contributed by atoms with Gasteiger partial charge >= 0.3 is 5.97 Å². The fraction of sp³-hybridized carbons (Fsp3) is 0.708. The van der Waals surface area contributed by atoms with Gasteiger partial charge in [0.2, 0.25) is 0 Å². The molecule has 0 radical (unpaired) electrons. The van der Waals surface area contributed by atoms with Gasteiger partial charge in [0, 0.05) is 17.3 Å². The third kappa shape index (κ3) is 2.72. The molecule has 2 unspecified atom stereocenters. The number of carbonyl (C=O) groups excluding carboxylic acids is 2. The maximum Gasteiger partial charge on any atom is 0.306 e. The molecule has 30 heavy (non-hydrogen) atoms. The van der Waals surface area contributed by atoms with Crippen LogP contribution in [0.3, 0.4) is 0 Å². The highest BCUT2D eigenvalue weighted by molar-refractivity contribution is 5.95. The number of aliphatic hydroxyl groups excluding tert-OH is 1. The largest absolute Gasteiger partial charge is 0.481 e. The second kappa shape index (κ2) is 6.86. The van der Waals surface area contributed by atoms with Gasteiger partial charge in [0.1, 0.15) is 11.7 Å². The normalized spacial score (nSPS) is 43.6. The van der Waals surface area contributed by atoms with Crippen LogP contribution in [-0.2, 0) is 14.4 Å². The van der Waals surface area contributed by atoms with E-state index in [2.05, 4.69) is 13.0 Å². The van der Waals surface area contributed by atoms with Crippen molar-refractivity contribution in [1.82, 2.24) is 0 Å². The molecular formula is C24H32O6. The van der Waals surface area contributed by atoms with Crippen LogP contribution in [0, 0.1) is 28.6 Å². The number of carboxylic acids is 1. The van der Waals surface area contributed by atoms with E-state index in [1.54, 1.807) is 0 Å². The molecule has 0 amide bonds. The van der Waals surface area contributed by atoms with E-state index in [1.165, 1.54) is 11.1 Å². The van der Waals surface area contributed by atoms with Crippen molar-refractivity contribution in [2.45, 2.75) is 77.4 Å². The molecule has 4 aliphatic carbocycles. The Morgan fingerprint density at radius 3 is 2.63 bits per heavy atom. The minimum Gasteiger partial charge on any atom is -0.481 e. The van der Waals surface area contributed by atoms with E-state index in [9.17, 15) is 24.6 Å². The quantitative estimate of drug-likeness (QED) is 0.608. The molecule has 0 aromatic carbocycles.